The quantitative estimate of drug-likeness (QED) is 0.170. The Kier molecular flexibility index (Phi) is 10.5. The zero-order valence-corrected chi connectivity index (χ0v) is 24.3. The number of hydrogen-bond donors (Lipinski definition) is 3. The van der Waals surface area contributed by atoms with Crippen molar-refractivity contribution < 1.29 is 23.8 Å². The number of nitrogens with one attached hydrogen (secondary N) is 1. The van der Waals surface area contributed by atoms with Gasteiger partial charge in [0, 0.05) is 11.6 Å². The molecule has 224 valence electrons. The van der Waals surface area contributed by atoms with Crippen molar-refractivity contribution in [3.8, 4) is 11.4 Å². The number of carboxylic acid groups (broad SMARTS) is 1. The first-order valence-corrected chi connectivity index (χ1v) is 14.7. The standard InChI is InChI=1S/C33H40FN3O5/c1-21(18-23-6-3-4-7-23)19-29(33(40)41)36-16-5-17-42-26-11-9-25(10-12-26)37-30(38)15-13-27(32(37)35)31(39)24-8-14-28(34)22(2)20-24/h8-15,20-21,23,29,36H,3-7,16-19,35H2,1-2H3,(H,40,41). The molecule has 2 aromatic carbocycles. The largest absolute Gasteiger partial charge is 0.494 e. The second-order valence-corrected chi connectivity index (χ2v) is 11.4. The Labute approximate surface area is 245 Å². The second-order valence-electron chi connectivity index (χ2n) is 11.4. The van der Waals surface area contributed by atoms with E-state index >= 15 is 0 Å². The molecule has 2 atom stereocenters. The summed E-state index contributed by atoms with van der Waals surface area (Å²) >= 11 is 0. The highest BCUT2D eigenvalue weighted by Gasteiger charge is 2.23. The average molecular weight is 578 g/mol. The van der Waals surface area contributed by atoms with Gasteiger partial charge in [0.15, 0.2) is 5.78 Å². The zero-order valence-electron chi connectivity index (χ0n) is 24.3. The molecule has 3 aromatic rings. The van der Waals surface area contributed by atoms with Gasteiger partial charge in [0.05, 0.1) is 17.9 Å². The molecule has 1 heterocycles. The predicted octanol–water partition coefficient (Wildman–Crippen LogP) is 5.52. The molecule has 42 heavy (non-hydrogen) atoms. The predicted molar refractivity (Wildman–Crippen MR) is 161 cm³/mol. The van der Waals surface area contributed by atoms with Crippen molar-refractivity contribution in [1.29, 1.82) is 0 Å². The van der Waals surface area contributed by atoms with Crippen molar-refractivity contribution in [2.45, 2.75) is 64.8 Å². The van der Waals surface area contributed by atoms with E-state index < -0.39 is 29.2 Å². The lowest BCUT2D eigenvalue weighted by Crippen LogP contribution is -2.39. The lowest BCUT2D eigenvalue weighted by molar-refractivity contribution is -0.140. The van der Waals surface area contributed by atoms with Gasteiger partial charge in [-0.2, -0.15) is 0 Å². The van der Waals surface area contributed by atoms with E-state index in [1.54, 1.807) is 31.2 Å². The molecular formula is C33H40FN3O5. The highest BCUT2D eigenvalue weighted by molar-refractivity contribution is 6.11. The average Bonchev–Trinajstić information content (AvgIpc) is 3.47. The number of ketones is 1. The van der Waals surface area contributed by atoms with Crippen LogP contribution in [0.4, 0.5) is 10.2 Å². The number of nitrogens with zero attached hydrogens (tertiary/aromatic N) is 1. The first-order chi connectivity index (χ1) is 20.1. The minimum Gasteiger partial charge on any atom is -0.494 e. The van der Waals surface area contributed by atoms with Crippen molar-refractivity contribution in [3.63, 3.8) is 0 Å². The number of benzene rings is 2. The maximum absolute atomic E-state index is 13.7. The Morgan fingerprint density at radius 3 is 2.50 bits per heavy atom. The molecule has 0 amide bonds. The molecule has 1 aliphatic rings. The summed E-state index contributed by atoms with van der Waals surface area (Å²) in [6.07, 6.45) is 7.45. The molecule has 9 heteroatoms. The number of halogens is 1. The third kappa shape index (κ3) is 7.85. The number of ether oxygens (including phenoxy) is 1. The molecule has 4 N–H and O–H groups in total. The van der Waals surface area contributed by atoms with Gasteiger partial charge < -0.3 is 20.9 Å². The van der Waals surface area contributed by atoms with Gasteiger partial charge in [0.1, 0.15) is 23.4 Å². The Balaban J connectivity index is 1.31. The number of carbonyl (C=O) groups excluding carboxylic acids is 1. The van der Waals surface area contributed by atoms with Crippen LogP contribution in [0, 0.1) is 24.6 Å². The summed E-state index contributed by atoms with van der Waals surface area (Å²) in [5.74, 6) is 0.0284. The Bertz CT molecular complexity index is 1450. The maximum atomic E-state index is 13.7. The minimum atomic E-state index is -0.821. The SMILES string of the molecule is Cc1cc(C(=O)c2ccc(=O)n(-c3ccc(OCCCNC(CC(C)CC4CCCC4)C(=O)O)cc3)c2N)ccc1F. The summed E-state index contributed by atoms with van der Waals surface area (Å²) in [5, 5.41) is 12.8. The number of nitrogens with two attached hydrogens (primary N) is 1. The molecule has 1 fully saturated rings. The van der Waals surface area contributed by atoms with Crippen LogP contribution in [0.5, 0.6) is 5.75 Å². The van der Waals surface area contributed by atoms with Gasteiger partial charge in [-0.25, -0.2) is 4.39 Å². The van der Waals surface area contributed by atoms with Crippen LogP contribution in [0.15, 0.2) is 59.4 Å². The molecule has 0 aliphatic heterocycles. The Morgan fingerprint density at radius 2 is 1.83 bits per heavy atom. The van der Waals surface area contributed by atoms with Gasteiger partial charge in [0.2, 0.25) is 0 Å². The summed E-state index contributed by atoms with van der Waals surface area (Å²) in [6.45, 7) is 4.62. The maximum Gasteiger partial charge on any atom is 0.320 e. The molecular weight excluding hydrogens is 537 g/mol. The number of rotatable bonds is 14. The van der Waals surface area contributed by atoms with Crippen LogP contribution in [-0.4, -0.2) is 40.6 Å². The van der Waals surface area contributed by atoms with Crippen molar-refractivity contribution in [2.24, 2.45) is 11.8 Å². The van der Waals surface area contributed by atoms with Gasteiger partial charge in [-0.05, 0) is 98.7 Å². The fourth-order valence-electron chi connectivity index (χ4n) is 5.77. The third-order valence-corrected chi connectivity index (χ3v) is 8.02. The van der Waals surface area contributed by atoms with Gasteiger partial charge in [-0.3, -0.25) is 19.0 Å². The molecule has 0 bridgehead atoms. The van der Waals surface area contributed by atoms with Crippen LogP contribution in [0.3, 0.4) is 0 Å². The number of aromatic nitrogens is 1. The summed E-state index contributed by atoms with van der Waals surface area (Å²) < 4.78 is 20.7. The zero-order chi connectivity index (χ0) is 30.2. The van der Waals surface area contributed by atoms with E-state index in [1.807, 2.05) is 0 Å². The summed E-state index contributed by atoms with van der Waals surface area (Å²) in [6, 6.07) is 12.9. The monoisotopic (exact) mass is 577 g/mol. The minimum absolute atomic E-state index is 0.0141. The molecule has 4 rings (SSSR count). The number of carbonyl (C=O) groups is 2. The van der Waals surface area contributed by atoms with E-state index in [1.165, 1.54) is 60.6 Å². The Hall–Kier alpha value is -3.98. The van der Waals surface area contributed by atoms with E-state index in [-0.39, 0.29) is 16.9 Å². The molecule has 0 spiro atoms. The number of anilines is 1. The molecule has 1 aromatic heterocycles. The summed E-state index contributed by atoms with van der Waals surface area (Å²) in [5.41, 5.74) is 7.10. The summed E-state index contributed by atoms with van der Waals surface area (Å²) in [4.78, 5) is 37.5. The fourth-order valence-corrected chi connectivity index (χ4v) is 5.77. The topological polar surface area (TPSA) is 124 Å². The van der Waals surface area contributed by atoms with E-state index in [0.29, 0.717) is 48.9 Å². The first-order valence-electron chi connectivity index (χ1n) is 14.7. The molecule has 0 radical (unpaired) electrons. The third-order valence-electron chi connectivity index (χ3n) is 8.02. The number of aryl methyl sites for hydroxylation is 1. The van der Waals surface area contributed by atoms with Crippen LogP contribution >= 0.6 is 0 Å². The smallest absolute Gasteiger partial charge is 0.320 e. The number of carboxylic acids is 1. The van der Waals surface area contributed by atoms with Crippen LogP contribution in [0.2, 0.25) is 0 Å². The van der Waals surface area contributed by atoms with Crippen LogP contribution in [0.1, 0.15) is 73.4 Å². The molecule has 2 unspecified atom stereocenters. The number of nitrogen functional groups attached to an aromatic ring is 1. The molecule has 1 aliphatic carbocycles. The molecule has 8 nitrogen and oxygen atoms in total. The second kappa shape index (κ2) is 14.3. The van der Waals surface area contributed by atoms with E-state index in [9.17, 15) is 23.9 Å². The number of aliphatic carboxylic acids is 1. The summed E-state index contributed by atoms with van der Waals surface area (Å²) in [7, 11) is 0. The first kappa shape index (κ1) is 31.0. The van der Waals surface area contributed by atoms with Gasteiger partial charge in [-0.15, -0.1) is 0 Å². The number of pyridine rings is 1. The Morgan fingerprint density at radius 1 is 1.12 bits per heavy atom. The van der Waals surface area contributed by atoms with E-state index in [2.05, 4.69) is 12.2 Å². The van der Waals surface area contributed by atoms with Crippen LogP contribution in [0.25, 0.3) is 5.69 Å². The lowest BCUT2D eigenvalue weighted by atomic mass is 9.90. The van der Waals surface area contributed by atoms with E-state index in [0.717, 1.165) is 12.3 Å². The van der Waals surface area contributed by atoms with Crippen molar-refractivity contribution >= 4 is 17.6 Å². The lowest BCUT2D eigenvalue weighted by Gasteiger charge is -2.21. The van der Waals surface area contributed by atoms with Gasteiger partial charge in [-0.1, -0.05) is 32.6 Å². The molecule has 0 saturated heterocycles. The van der Waals surface area contributed by atoms with Crippen molar-refractivity contribution in [2.75, 3.05) is 18.9 Å². The van der Waals surface area contributed by atoms with Crippen LogP contribution in [-0.2, 0) is 4.79 Å². The fraction of sp³-hybridized carbons (Fsp3) is 0.424. The van der Waals surface area contributed by atoms with E-state index in [4.69, 9.17) is 10.5 Å². The number of hydrogen-bond acceptors (Lipinski definition) is 6. The van der Waals surface area contributed by atoms with Crippen LogP contribution < -0.4 is 21.3 Å². The highest BCUT2D eigenvalue weighted by Crippen LogP contribution is 2.31. The van der Waals surface area contributed by atoms with Gasteiger partial charge in [0.25, 0.3) is 5.56 Å². The molecule has 1 saturated carbocycles. The van der Waals surface area contributed by atoms with Crippen molar-refractivity contribution in [1.82, 2.24) is 9.88 Å². The van der Waals surface area contributed by atoms with Gasteiger partial charge >= 0.3 is 5.97 Å². The highest BCUT2D eigenvalue weighted by atomic mass is 19.1. The van der Waals surface area contributed by atoms with Crippen molar-refractivity contribution in [3.05, 3.63) is 87.5 Å². The normalized spacial score (nSPS) is 14.9.